The van der Waals surface area contributed by atoms with Gasteiger partial charge in [0.2, 0.25) is 0 Å². The van der Waals surface area contributed by atoms with E-state index < -0.39 is 0 Å². The quantitative estimate of drug-likeness (QED) is 0.171. The van der Waals surface area contributed by atoms with E-state index in [1.807, 2.05) is 0 Å². The summed E-state index contributed by atoms with van der Waals surface area (Å²) in [5.41, 5.74) is 17.7. The zero-order valence-corrected chi connectivity index (χ0v) is 30.7. The molecule has 0 bridgehead atoms. The van der Waals surface area contributed by atoms with Crippen LogP contribution >= 0.6 is 0 Å². The predicted molar refractivity (Wildman–Crippen MR) is 235 cm³/mol. The Labute approximate surface area is 325 Å². The van der Waals surface area contributed by atoms with Gasteiger partial charge in [-0.3, -0.25) is 0 Å². The van der Waals surface area contributed by atoms with Gasteiger partial charge in [-0.2, -0.15) is 0 Å². The maximum atomic E-state index is 6.57. The first-order valence-electron chi connectivity index (χ1n) is 19.4. The molecular weight excluding hydrogens is 681 g/mol. The van der Waals surface area contributed by atoms with Crippen LogP contribution in [0.4, 0.5) is 0 Å². The first-order valence-corrected chi connectivity index (χ1v) is 19.4. The Kier molecular flexibility index (Phi) is 7.67. The largest absolute Gasteiger partial charge is 0.452 e. The lowest BCUT2D eigenvalue weighted by Crippen LogP contribution is -1.87. The van der Waals surface area contributed by atoms with E-state index in [9.17, 15) is 0 Å². The van der Waals surface area contributed by atoms with Gasteiger partial charge in [-0.1, -0.05) is 133 Å². The Balaban J connectivity index is 0.936. The van der Waals surface area contributed by atoms with Gasteiger partial charge in [0, 0.05) is 21.5 Å². The van der Waals surface area contributed by atoms with E-state index in [0.29, 0.717) is 0 Å². The van der Waals surface area contributed by atoms with Crippen LogP contribution in [0.2, 0.25) is 0 Å². The predicted octanol–water partition coefficient (Wildman–Crippen LogP) is 15.6. The van der Waals surface area contributed by atoms with Crippen molar-refractivity contribution in [3.8, 4) is 55.6 Å². The van der Waals surface area contributed by atoms with E-state index in [0.717, 1.165) is 73.4 Å². The molecule has 0 saturated carbocycles. The molecule has 0 saturated heterocycles. The summed E-state index contributed by atoms with van der Waals surface area (Å²) < 4.78 is 13.1. The lowest BCUT2D eigenvalue weighted by atomic mass is 9.94. The summed E-state index contributed by atoms with van der Waals surface area (Å²) in [5.74, 6) is 0. The lowest BCUT2D eigenvalue weighted by Gasteiger charge is -2.11. The Hall–Kier alpha value is -7.16. The van der Waals surface area contributed by atoms with Crippen LogP contribution in [0.25, 0.3) is 105 Å². The fourth-order valence-electron chi connectivity index (χ4n) is 8.40. The minimum absolute atomic E-state index is 0.781. The Morgan fingerprint density at radius 2 is 0.714 bits per heavy atom. The van der Waals surface area contributed by atoms with Crippen molar-refractivity contribution in [2.45, 2.75) is 12.8 Å². The van der Waals surface area contributed by atoms with Gasteiger partial charge in [-0.25, -0.2) is 0 Å². The van der Waals surface area contributed by atoms with E-state index >= 15 is 0 Å². The number of furan rings is 2. The van der Waals surface area contributed by atoms with Gasteiger partial charge in [0.25, 0.3) is 0 Å². The molecule has 2 nitrogen and oxygen atoms in total. The monoisotopic (exact) mass is 716 g/mol. The van der Waals surface area contributed by atoms with Crippen LogP contribution in [-0.2, 0) is 0 Å². The SMILES string of the molecule is C1=CC(c2cccc(-c3cccc(-c4ccc5oc6c(ccc7c8cc(-c9cccc(-c%10cccc(-c%11ccccc%11)c%10)c9)ccc8oc76)c5c4)c3)c2)=CCC1. The summed E-state index contributed by atoms with van der Waals surface area (Å²) in [6, 6.07) is 63.2. The normalized spacial score (nSPS) is 12.9. The number of hydrogen-bond acceptors (Lipinski definition) is 2. The summed E-state index contributed by atoms with van der Waals surface area (Å²) in [6.07, 6.45) is 9.06. The maximum absolute atomic E-state index is 6.57. The molecule has 8 aromatic carbocycles. The third-order valence-corrected chi connectivity index (χ3v) is 11.3. The summed E-state index contributed by atoms with van der Waals surface area (Å²) in [6.45, 7) is 0. The van der Waals surface area contributed by atoms with Gasteiger partial charge in [-0.05, 0) is 140 Å². The lowest BCUT2D eigenvalue weighted by molar-refractivity contribution is 0.633. The smallest absolute Gasteiger partial charge is 0.178 e. The number of rotatable bonds is 6. The standard InChI is InChI=1S/C54H36O2/c1-3-11-35(12-4-1)37-15-7-17-39(29-37)41-19-9-21-43(31-41)45-23-27-51-49(33-45)47-25-26-48-50-34-46(24-28-52(50)56-54(48)53(47)55-51)44-22-10-20-42(32-44)40-18-8-16-38(30-40)36-13-5-2-6-14-36/h1,3-5,7-34H,2,6H2. The van der Waals surface area contributed by atoms with E-state index in [-0.39, 0.29) is 0 Å². The molecule has 264 valence electrons. The Bertz CT molecular complexity index is 3190. The molecule has 0 N–H and O–H groups in total. The molecule has 0 aliphatic heterocycles. The summed E-state index contributed by atoms with van der Waals surface area (Å²) in [7, 11) is 0. The maximum Gasteiger partial charge on any atom is 0.178 e. The summed E-state index contributed by atoms with van der Waals surface area (Å²) >= 11 is 0. The number of allylic oxidation sites excluding steroid dienone is 4. The van der Waals surface area contributed by atoms with Gasteiger partial charge in [0.15, 0.2) is 11.2 Å². The first-order chi connectivity index (χ1) is 27.7. The third kappa shape index (κ3) is 5.66. The molecule has 1 aliphatic carbocycles. The highest BCUT2D eigenvalue weighted by atomic mass is 16.4. The van der Waals surface area contributed by atoms with Gasteiger partial charge in [0.05, 0.1) is 0 Å². The van der Waals surface area contributed by atoms with Crippen molar-refractivity contribution in [1.82, 2.24) is 0 Å². The highest BCUT2D eigenvalue weighted by Gasteiger charge is 2.18. The molecule has 10 aromatic rings. The van der Waals surface area contributed by atoms with Crippen molar-refractivity contribution in [2.75, 3.05) is 0 Å². The van der Waals surface area contributed by atoms with Crippen LogP contribution in [0.5, 0.6) is 0 Å². The molecule has 0 radical (unpaired) electrons. The number of benzene rings is 8. The molecule has 1 aliphatic rings. The molecule has 2 heterocycles. The second-order valence-corrected chi connectivity index (χ2v) is 14.8. The Morgan fingerprint density at radius 1 is 0.304 bits per heavy atom. The molecule has 2 heteroatoms. The zero-order chi connectivity index (χ0) is 37.0. The average Bonchev–Trinajstić information content (AvgIpc) is 3.85. The van der Waals surface area contributed by atoms with Crippen LogP contribution in [0, 0.1) is 0 Å². The van der Waals surface area contributed by atoms with E-state index in [1.165, 1.54) is 50.1 Å². The van der Waals surface area contributed by atoms with Crippen molar-refractivity contribution in [2.24, 2.45) is 0 Å². The first kappa shape index (κ1) is 32.3. The van der Waals surface area contributed by atoms with E-state index in [1.54, 1.807) is 0 Å². The van der Waals surface area contributed by atoms with Gasteiger partial charge >= 0.3 is 0 Å². The van der Waals surface area contributed by atoms with Crippen molar-refractivity contribution in [1.29, 1.82) is 0 Å². The number of fused-ring (bicyclic) bond motifs is 7. The van der Waals surface area contributed by atoms with Gasteiger partial charge in [-0.15, -0.1) is 0 Å². The van der Waals surface area contributed by atoms with Gasteiger partial charge in [0.1, 0.15) is 11.2 Å². The highest BCUT2D eigenvalue weighted by Crippen LogP contribution is 2.41. The highest BCUT2D eigenvalue weighted by molar-refractivity contribution is 6.19. The summed E-state index contributed by atoms with van der Waals surface area (Å²) in [5, 5.41) is 4.26. The molecule has 0 spiro atoms. The molecular formula is C54H36O2. The minimum atomic E-state index is 0.781. The van der Waals surface area contributed by atoms with Gasteiger partial charge < -0.3 is 8.83 Å². The molecule has 56 heavy (non-hydrogen) atoms. The average molecular weight is 717 g/mol. The molecule has 0 unspecified atom stereocenters. The summed E-state index contributed by atoms with van der Waals surface area (Å²) in [4.78, 5) is 0. The van der Waals surface area contributed by atoms with Crippen molar-refractivity contribution in [3.05, 3.63) is 200 Å². The van der Waals surface area contributed by atoms with Crippen LogP contribution in [0.15, 0.2) is 203 Å². The second kappa shape index (κ2) is 13.3. The Morgan fingerprint density at radius 3 is 1.18 bits per heavy atom. The van der Waals surface area contributed by atoms with Crippen LogP contribution in [0.3, 0.4) is 0 Å². The molecule has 0 fully saturated rings. The van der Waals surface area contributed by atoms with Crippen LogP contribution in [-0.4, -0.2) is 0 Å². The fourth-order valence-corrected chi connectivity index (χ4v) is 8.40. The van der Waals surface area contributed by atoms with Crippen molar-refractivity contribution < 1.29 is 8.83 Å². The second-order valence-electron chi connectivity index (χ2n) is 14.8. The molecule has 2 aromatic heterocycles. The van der Waals surface area contributed by atoms with E-state index in [4.69, 9.17) is 8.83 Å². The van der Waals surface area contributed by atoms with Crippen LogP contribution in [0.1, 0.15) is 18.4 Å². The topological polar surface area (TPSA) is 26.3 Å². The number of hydrogen-bond donors (Lipinski definition) is 0. The fraction of sp³-hybridized carbons (Fsp3) is 0.0370. The van der Waals surface area contributed by atoms with Crippen molar-refractivity contribution >= 4 is 49.5 Å². The minimum Gasteiger partial charge on any atom is -0.452 e. The molecule has 0 amide bonds. The van der Waals surface area contributed by atoms with Crippen LogP contribution < -0.4 is 0 Å². The molecule has 0 atom stereocenters. The van der Waals surface area contributed by atoms with E-state index in [2.05, 4.69) is 194 Å². The third-order valence-electron chi connectivity index (χ3n) is 11.3. The molecule has 11 rings (SSSR count). The van der Waals surface area contributed by atoms with Crippen molar-refractivity contribution in [3.63, 3.8) is 0 Å². The zero-order valence-electron chi connectivity index (χ0n) is 30.7.